The summed E-state index contributed by atoms with van der Waals surface area (Å²) in [5, 5.41) is 10.2. The Labute approximate surface area is 157 Å². The molecule has 27 heavy (non-hydrogen) atoms. The van der Waals surface area contributed by atoms with E-state index in [2.05, 4.69) is 20.7 Å². The molecule has 0 bridgehead atoms. The maximum atomic E-state index is 13.6. The van der Waals surface area contributed by atoms with Crippen molar-refractivity contribution in [3.63, 3.8) is 0 Å². The van der Waals surface area contributed by atoms with Gasteiger partial charge in [-0.3, -0.25) is 9.69 Å². The fraction of sp³-hybridized carbons (Fsp3) is 0.474. The first-order chi connectivity index (χ1) is 13.0. The molecule has 1 aromatic heterocycles. The Bertz CT molecular complexity index is 782. The van der Waals surface area contributed by atoms with Gasteiger partial charge >= 0.3 is 0 Å². The van der Waals surface area contributed by atoms with Gasteiger partial charge in [-0.2, -0.15) is 0 Å². The average Bonchev–Trinajstić information content (AvgIpc) is 3.22. The van der Waals surface area contributed by atoms with Crippen molar-refractivity contribution in [2.75, 3.05) is 38.7 Å². The molecule has 7 nitrogen and oxygen atoms in total. The summed E-state index contributed by atoms with van der Waals surface area (Å²) >= 11 is 0. The van der Waals surface area contributed by atoms with Crippen LogP contribution in [0.5, 0.6) is 0 Å². The van der Waals surface area contributed by atoms with Crippen LogP contribution in [0.25, 0.3) is 0 Å². The van der Waals surface area contributed by atoms with E-state index in [1.807, 2.05) is 13.0 Å². The van der Waals surface area contributed by atoms with E-state index < -0.39 is 5.54 Å². The molecule has 2 N–H and O–H groups in total. The van der Waals surface area contributed by atoms with E-state index in [1.165, 1.54) is 12.1 Å². The summed E-state index contributed by atoms with van der Waals surface area (Å²) in [5.74, 6) is 0.288. The smallest absolute Gasteiger partial charge is 0.247 e. The first kappa shape index (κ1) is 19.3. The standard InChI is InChI=1S/C19H25FN4O3/c1-14-10-17(23-27-14)12-24-8-6-19(13-24,18(25)21-7-9-26-2)22-16-5-3-4-15(20)11-16/h3-5,10-11,22H,6-9,12-13H2,1-2H3,(H,21,25). The summed E-state index contributed by atoms with van der Waals surface area (Å²) in [6.07, 6.45) is 0.596. The number of ether oxygens (including phenoxy) is 1. The van der Waals surface area contributed by atoms with Crippen LogP contribution in [0.3, 0.4) is 0 Å². The van der Waals surface area contributed by atoms with Crippen molar-refractivity contribution >= 4 is 11.6 Å². The first-order valence-electron chi connectivity index (χ1n) is 8.96. The maximum absolute atomic E-state index is 13.6. The molecule has 0 saturated carbocycles. The van der Waals surface area contributed by atoms with Gasteiger partial charge in [-0.15, -0.1) is 0 Å². The van der Waals surface area contributed by atoms with E-state index in [9.17, 15) is 9.18 Å². The molecule has 1 saturated heterocycles. The zero-order valence-corrected chi connectivity index (χ0v) is 15.6. The fourth-order valence-electron chi connectivity index (χ4n) is 3.37. The molecule has 1 unspecified atom stereocenters. The summed E-state index contributed by atoms with van der Waals surface area (Å²) in [4.78, 5) is 15.1. The highest BCUT2D eigenvalue weighted by Gasteiger charge is 2.44. The fourth-order valence-corrected chi connectivity index (χ4v) is 3.37. The van der Waals surface area contributed by atoms with Crippen molar-refractivity contribution in [2.24, 2.45) is 0 Å². The maximum Gasteiger partial charge on any atom is 0.247 e. The minimum Gasteiger partial charge on any atom is -0.383 e. The van der Waals surface area contributed by atoms with Crippen molar-refractivity contribution in [2.45, 2.75) is 25.4 Å². The number of methoxy groups -OCH3 is 1. The SMILES string of the molecule is COCCNC(=O)C1(Nc2cccc(F)c2)CCN(Cc2cc(C)on2)C1. The Kier molecular flexibility index (Phi) is 6.08. The Morgan fingerprint density at radius 3 is 3.00 bits per heavy atom. The third kappa shape index (κ3) is 4.84. The lowest BCUT2D eigenvalue weighted by molar-refractivity contribution is -0.125. The predicted octanol–water partition coefficient (Wildman–Crippen LogP) is 1.94. The molecule has 0 spiro atoms. The number of benzene rings is 1. The van der Waals surface area contributed by atoms with Gasteiger partial charge < -0.3 is 19.9 Å². The number of carbonyl (C=O) groups excluding carboxylic acids is 1. The second kappa shape index (κ2) is 8.49. The van der Waals surface area contributed by atoms with Gasteiger partial charge in [0.1, 0.15) is 17.1 Å². The summed E-state index contributed by atoms with van der Waals surface area (Å²) in [6.45, 7) is 4.49. The van der Waals surface area contributed by atoms with Crippen molar-refractivity contribution in [1.82, 2.24) is 15.4 Å². The molecule has 146 valence electrons. The highest BCUT2D eigenvalue weighted by Crippen LogP contribution is 2.28. The van der Waals surface area contributed by atoms with E-state index in [1.54, 1.807) is 19.2 Å². The number of carbonyl (C=O) groups is 1. The Balaban J connectivity index is 1.74. The minimum atomic E-state index is -0.847. The lowest BCUT2D eigenvalue weighted by Crippen LogP contribution is -2.54. The molecule has 1 amide bonds. The first-order valence-corrected chi connectivity index (χ1v) is 8.96. The lowest BCUT2D eigenvalue weighted by atomic mass is 9.96. The normalized spacial score (nSPS) is 20.0. The number of aryl methyl sites for hydroxylation is 1. The average molecular weight is 376 g/mol. The molecule has 8 heteroatoms. The lowest BCUT2D eigenvalue weighted by Gasteiger charge is -2.30. The van der Waals surface area contributed by atoms with Crippen LogP contribution < -0.4 is 10.6 Å². The van der Waals surface area contributed by atoms with E-state index >= 15 is 0 Å². The molecular weight excluding hydrogens is 351 g/mol. The molecule has 3 rings (SSSR count). The van der Waals surface area contributed by atoms with Gasteiger partial charge in [0.25, 0.3) is 0 Å². The van der Waals surface area contributed by atoms with Crippen LogP contribution in [-0.2, 0) is 16.1 Å². The highest BCUT2D eigenvalue weighted by molar-refractivity contribution is 5.90. The van der Waals surface area contributed by atoms with Crippen LogP contribution in [0.15, 0.2) is 34.9 Å². The van der Waals surface area contributed by atoms with Crippen LogP contribution in [0.4, 0.5) is 10.1 Å². The quantitative estimate of drug-likeness (QED) is 0.686. The molecule has 2 aromatic rings. The largest absolute Gasteiger partial charge is 0.383 e. The molecule has 0 radical (unpaired) electrons. The molecule has 1 aliphatic heterocycles. The molecular formula is C19H25FN4O3. The van der Waals surface area contributed by atoms with Crippen LogP contribution >= 0.6 is 0 Å². The van der Waals surface area contributed by atoms with E-state index in [-0.39, 0.29) is 11.7 Å². The Morgan fingerprint density at radius 2 is 2.30 bits per heavy atom. The van der Waals surface area contributed by atoms with Gasteiger partial charge in [0.2, 0.25) is 5.91 Å². The number of hydrogen-bond donors (Lipinski definition) is 2. The number of amides is 1. The summed E-state index contributed by atoms with van der Waals surface area (Å²) in [5.41, 5.74) is 0.560. The number of likely N-dealkylation sites (tertiary alicyclic amines) is 1. The highest BCUT2D eigenvalue weighted by atomic mass is 19.1. The van der Waals surface area contributed by atoms with E-state index in [0.29, 0.717) is 44.9 Å². The topological polar surface area (TPSA) is 79.6 Å². The second-order valence-electron chi connectivity index (χ2n) is 6.86. The van der Waals surface area contributed by atoms with Gasteiger partial charge in [-0.05, 0) is 31.5 Å². The summed E-state index contributed by atoms with van der Waals surface area (Å²) in [6, 6.07) is 8.05. The van der Waals surface area contributed by atoms with Crippen LogP contribution in [0, 0.1) is 12.7 Å². The predicted molar refractivity (Wildman–Crippen MR) is 98.8 cm³/mol. The molecule has 1 aromatic carbocycles. The number of hydrogen-bond acceptors (Lipinski definition) is 6. The summed E-state index contributed by atoms with van der Waals surface area (Å²) in [7, 11) is 1.59. The zero-order chi connectivity index (χ0) is 19.3. The number of halogens is 1. The Morgan fingerprint density at radius 1 is 1.44 bits per heavy atom. The van der Waals surface area contributed by atoms with E-state index in [4.69, 9.17) is 9.26 Å². The van der Waals surface area contributed by atoms with Gasteiger partial charge in [0.05, 0.1) is 12.3 Å². The third-order valence-electron chi connectivity index (χ3n) is 4.65. The van der Waals surface area contributed by atoms with Gasteiger partial charge in [-0.1, -0.05) is 11.2 Å². The Hall–Kier alpha value is -2.45. The molecule has 1 aliphatic rings. The number of rotatable bonds is 8. The number of aromatic nitrogens is 1. The van der Waals surface area contributed by atoms with Crippen molar-refractivity contribution in [3.05, 3.63) is 47.6 Å². The molecule has 1 atom stereocenters. The molecule has 1 fully saturated rings. The van der Waals surface area contributed by atoms with E-state index in [0.717, 1.165) is 11.5 Å². The van der Waals surface area contributed by atoms with Gasteiger partial charge in [-0.25, -0.2) is 4.39 Å². The third-order valence-corrected chi connectivity index (χ3v) is 4.65. The number of anilines is 1. The van der Waals surface area contributed by atoms with Crippen LogP contribution in [0.1, 0.15) is 17.9 Å². The monoisotopic (exact) mass is 376 g/mol. The van der Waals surface area contributed by atoms with Crippen LogP contribution in [-0.4, -0.2) is 54.9 Å². The van der Waals surface area contributed by atoms with Crippen molar-refractivity contribution in [3.8, 4) is 0 Å². The molecule has 0 aliphatic carbocycles. The van der Waals surface area contributed by atoms with Crippen molar-refractivity contribution in [1.29, 1.82) is 0 Å². The van der Waals surface area contributed by atoms with Gasteiger partial charge in [0, 0.05) is 45.0 Å². The van der Waals surface area contributed by atoms with Crippen LogP contribution in [0.2, 0.25) is 0 Å². The minimum absolute atomic E-state index is 0.123. The summed E-state index contributed by atoms with van der Waals surface area (Å²) < 4.78 is 23.7. The second-order valence-corrected chi connectivity index (χ2v) is 6.86. The zero-order valence-electron chi connectivity index (χ0n) is 15.6. The van der Waals surface area contributed by atoms with Crippen molar-refractivity contribution < 1.29 is 18.4 Å². The van der Waals surface area contributed by atoms with Gasteiger partial charge in [0.15, 0.2) is 0 Å². The number of nitrogens with zero attached hydrogens (tertiary/aromatic N) is 2. The molecule has 2 heterocycles. The number of nitrogens with one attached hydrogen (secondary N) is 2.